The summed E-state index contributed by atoms with van der Waals surface area (Å²) >= 11 is 1.49. The molecule has 0 aliphatic carbocycles. The van der Waals surface area contributed by atoms with Gasteiger partial charge in [0.25, 0.3) is 0 Å². The number of hydrogen-bond acceptors (Lipinski definition) is 3. The maximum Gasteiger partial charge on any atom is 0.124 e. The summed E-state index contributed by atoms with van der Waals surface area (Å²) in [6.45, 7) is 2.94. The molecule has 0 atom stereocenters. The van der Waals surface area contributed by atoms with Crippen LogP contribution in [0.25, 0.3) is 0 Å². The van der Waals surface area contributed by atoms with Crippen LogP contribution >= 0.6 is 11.8 Å². The van der Waals surface area contributed by atoms with Crippen molar-refractivity contribution in [3.63, 3.8) is 0 Å². The highest BCUT2D eigenvalue weighted by Gasteiger charge is 2.13. The van der Waals surface area contributed by atoms with Gasteiger partial charge in [-0.05, 0) is 18.2 Å². The molecule has 1 heterocycles. The highest BCUT2D eigenvalue weighted by Crippen LogP contribution is 2.19. The Morgan fingerprint density at radius 3 is 2.88 bits per heavy atom. The standard InChI is InChI=1S/C12H15FN2OS/c13-10-2-1-3-11(8-10)17-9-12(14)15-4-6-16-7-5-15/h1-3,8,14H,4-7,9H2. The Bertz CT molecular complexity index is 394. The van der Waals surface area contributed by atoms with Crippen molar-refractivity contribution in [2.75, 3.05) is 32.1 Å². The number of rotatable bonds is 3. The first kappa shape index (κ1) is 12.4. The van der Waals surface area contributed by atoms with E-state index in [1.54, 1.807) is 6.07 Å². The monoisotopic (exact) mass is 254 g/mol. The molecule has 92 valence electrons. The summed E-state index contributed by atoms with van der Waals surface area (Å²) in [7, 11) is 0. The zero-order chi connectivity index (χ0) is 12.1. The van der Waals surface area contributed by atoms with E-state index in [-0.39, 0.29) is 5.82 Å². The van der Waals surface area contributed by atoms with Crippen molar-refractivity contribution in [3.8, 4) is 0 Å². The molecule has 1 aliphatic rings. The highest BCUT2D eigenvalue weighted by molar-refractivity contribution is 8.00. The predicted molar refractivity (Wildman–Crippen MR) is 67.2 cm³/mol. The normalized spacial score (nSPS) is 15.9. The molecular weight excluding hydrogens is 239 g/mol. The smallest absolute Gasteiger partial charge is 0.124 e. The van der Waals surface area contributed by atoms with E-state index in [2.05, 4.69) is 0 Å². The molecule has 1 N–H and O–H groups in total. The lowest BCUT2D eigenvalue weighted by Crippen LogP contribution is -2.41. The Labute approximate surface area is 104 Å². The van der Waals surface area contributed by atoms with Gasteiger partial charge in [0.05, 0.1) is 19.0 Å². The fraction of sp³-hybridized carbons (Fsp3) is 0.417. The van der Waals surface area contributed by atoms with Gasteiger partial charge in [0.15, 0.2) is 0 Å². The third-order valence-electron chi connectivity index (χ3n) is 2.56. The molecule has 0 radical (unpaired) electrons. The number of thioether (sulfide) groups is 1. The highest BCUT2D eigenvalue weighted by atomic mass is 32.2. The second-order valence-electron chi connectivity index (χ2n) is 3.79. The van der Waals surface area contributed by atoms with Crippen molar-refractivity contribution in [1.82, 2.24) is 4.90 Å². The number of ether oxygens (including phenoxy) is 1. The van der Waals surface area contributed by atoms with Gasteiger partial charge in [-0.25, -0.2) is 4.39 Å². The summed E-state index contributed by atoms with van der Waals surface area (Å²) in [5.41, 5.74) is 0. The molecule has 5 heteroatoms. The van der Waals surface area contributed by atoms with Crippen molar-refractivity contribution in [1.29, 1.82) is 5.41 Å². The largest absolute Gasteiger partial charge is 0.378 e. The number of benzene rings is 1. The van der Waals surface area contributed by atoms with Crippen LogP contribution in [0.2, 0.25) is 0 Å². The molecule has 0 unspecified atom stereocenters. The van der Waals surface area contributed by atoms with Crippen LogP contribution in [0, 0.1) is 11.2 Å². The first-order valence-corrected chi connectivity index (χ1v) is 6.53. The number of nitrogens with one attached hydrogen (secondary N) is 1. The molecule has 1 fully saturated rings. The van der Waals surface area contributed by atoms with Crippen LogP contribution in [0.5, 0.6) is 0 Å². The van der Waals surface area contributed by atoms with E-state index in [4.69, 9.17) is 10.1 Å². The predicted octanol–water partition coefficient (Wildman–Crippen LogP) is 2.23. The molecule has 0 amide bonds. The molecule has 1 aromatic rings. The zero-order valence-corrected chi connectivity index (χ0v) is 10.3. The van der Waals surface area contributed by atoms with Crippen molar-refractivity contribution >= 4 is 17.6 Å². The van der Waals surface area contributed by atoms with Gasteiger partial charge in [-0.15, -0.1) is 11.8 Å². The van der Waals surface area contributed by atoms with Gasteiger partial charge >= 0.3 is 0 Å². The minimum Gasteiger partial charge on any atom is -0.378 e. The Morgan fingerprint density at radius 1 is 1.41 bits per heavy atom. The van der Waals surface area contributed by atoms with Gasteiger partial charge in [-0.3, -0.25) is 5.41 Å². The molecule has 1 saturated heterocycles. The first-order chi connectivity index (χ1) is 8.25. The minimum absolute atomic E-state index is 0.229. The van der Waals surface area contributed by atoms with E-state index < -0.39 is 0 Å². The van der Waals surface area contributed by atoms with Crippen LogP contribution in [-0.2, 0) is 4.74 Å². The van der Waals surface area contributed by atoms with Crippen molar-refractivity contribution in [2.24, 2.45) is 0 Å². The van der Waals surface area contributed by atoms with E-state index in [0.717, 1.165) is 18.0 Å². The Balaban J connectivity index is 1.83. The quantitative estimate of drug-likeness (QED) is 0.510. The van der Waals surface area contributed by atoms with Crippen LogP contribution in [0.1, 0.15) is 0 Å². The van der Waals surface area contributed by atoms with E-state index in [0.29, 0.717) is 24.8 Å². The average Bonchev–Trinajstić information content (AvgIpc) is 2.37. The van der Waals surface area contributed by atoms with Gasteiger partial charge in [0, 0.05) is 18.0 Å². The topological polar surface area (TPSA) is 36.3 Å². The molecule has 2 rings (SSSR count). The number of amidine groups is 1. The molecule has 0 spiro atoms. The van der Waals surface area contributed by atoms with Gasteiger partial charge < -0.3 is 9.64 Å². The summed E-state index contributed by atoms with van der Waals surface area (Å²) < 4.78 is 18.2. The number of hydrogen-bond donors (Lipinski definition) is 1. The SMILES string of the molecule is N=C(CSc1cccc(F)c1)N1CCOCC1. The zero-order valence-electron chi connectivity index (χ0n) is 9.49. The molecule has 17 heavy (non-hydrogen) atoms. The third-order valence-corrected chi connectivity index (χ3v) is 3.57. The van der Waals surface area contributed by atoms with Gasteiger partial charge in [0.2, 0.25) is 0 Å². The van der Waals surface area contributed by atoms with Crippen LogP contribution in [0.3, 0.4) is 0 Å². The molecular formula is C12H15FN2OS. The molecule has 0 saturated carbocycles. The lowest BCUT2D eigenvalue weighted by atomic mass is 10.4. The van der Waals surface area contributed by atoms with Gasteiger partial charge in [-0.2, -0.15) is 0 Å². The Hall–Kier alpha value is -1.07. The minimum atomic E-state index is -0.229. The van der Waals surface area contributed by atoms with Crippen LogP contribution in [-0.4, -0.2) is 42.8 Å². The maximum absolute atomic E-state index is 13.0. The lowest BCUT2D eigenvalue weighted by Gasteiger charge is -2.28. The summed E-state index contributed by atoms with van der Waals surface area (Å²) in [5.74, 6) is 0.930. The summed E-state index contributed by atoms with van der Waals surface area (Å²) in [5, 5.41) is 7.94. The van der Waals surface area contributed by atoms with Gasteiger partial charge in [0.1, 0.15) is 11.7 Å². The van der Waals surface area contributed by atoms with E-state index in [1.807, 2.05) is 11.0 Å². The number of morpholine rings is 1. The first-order valence-electron chi connectivity index (χ1n) is 5.54. The number of halogens is 1. The molecule has 1 aromatic carbocycles. The summed E-state index contributed by atoms with van der Waals surface area (Å²) in [6, 6.07) is 6.48. The Morgan fingerprint density at radius 2 is 2.18 bits per heavy atom. The lowest BCUT2D eigenvalue weighted by molar-refractivity contribution is 0.0676. The maximum atomic E-state index is 13.0. The molecule has 1 aliphatic heterocycles. The fourth-order valence-electron chi connectivity index (χ4n) is 1.63. The van der Waals surface area contributed by atoms with E-state index >= 15 is 0 Å². The number of nitrogens with zero attached hydrogens (tertiary/aromatic N) is 1. The van der Waals surface area contributed by atoms with Crippen LogP contribution in [0.4, 0.5) is 4.39 Å². The van der Waals surface area contributed by atoms with E-state index in [9.17, 15) is 4.39 Å². The Kier molecular flexibility index (Phi) is 4.39. The van der Waals surface area contributed by atoms with E-state index in [1.165, 1.54) is 23.9 Å². The third kappa shape index (κ3) is 3.71. The summed E-state index contributed by atoms with van der Waals surface area (Å²) in [4.78, 5) is 2.87. The van der Waals surface area contributed by atoms with Gasteiger partial charge in [-0.1, -0.05) is 6.07 Å². The molecule has 0 aromatic heterocycles. The summed E-state index contributed by atoms with van der Waals surface area (Å²) in [6.07, 6.45) is 0. The second-order valence-corrected chi connectivity index (χ2v) is 4.84. The second kappa shape index (κ2) is 6.02. The molecule has 0 bridgehead atoms. The average molecular weight is 254 g/mol. The van der Waals surface area contributed by atoms with Crippen molar-refractivity contribution in [3.05, 3.63) is 30.1 Å². The van der Waals surface area contributed by atoms with Crippen LogP contribution in [0.15, 0.2) is 29.2 Å². The van der Waals surface area contributed by atoms with Crippen molar-refractivity contribution in [2.45, 2.75) is 4.90 Å². The molecule has 3 nitrogen and oxygen atoms in total. The van der Waals surface area contributed by atoms with Crippen LogP contribution < -0.4 is 0 Å². The van der Waals surface area contributed by atoms with Crippen molar-refractivity contribution < 1.29 is 9.13 Å². The fourth-order valence-corrected chi connectivity index (χ4v) is 2.49.